The number of aromatic nitrogens is 1. The minimum absolute atomic E-state index is 0.0218. The second-order valence-electron chi connectivity index (χ2n) is 5.54. The second-order valence-corrected chi connectivity index (χ2v) is 5.54. The molecule has 5 nitrogen and oxygen atoms in total. The molecule has 5 heteroatoms. The Morgan fingerprint density at radius 1 is 1.27 bits per heavy atom. The summed E-state index contributed by atoms with van der Waals surface area (Å²) in [6, 6.07) is 9.98. The molecule has 1 aromatic heterocycles. The fourth-order valence-electron chi connectivity index (χ4n) is 2.39. The van der Waals surface area contributed by atoms with Gasteiger partial charge in [-0.25, -0.2) is 4.79 Å². The van der Waals surface area contributed by atoms with Gasteiger partial charge in [0.2, 0.25) is 0 Å². The van der Waals surface area contributed by atoms with Gasteiger partial charge >= 0.3 is 6.03 Å². The predicted molar refractivity (Wildman–Crippen MR) is 85.8 cm³/mol. The molecular formula is C17H23N3O2. The maximum Gasteiger partial charge on any atom is 0.315 e. The molecule has 1 atom stereocenters. The second kappa shape index (κ2) is 7.64. The van der Waals surface area contributed by atoms with Crippen LogP contribution in [0.4, 0.5) is 4.79 Å². The number of hydrogen-bond donors (Lipinski definition) is 2. The van der Waals surface area contributed by atoms with Crippen LogP contribution in [0.2, 0.25) is 0 Å². The number of urea groups is 1. The first-order valence-corrected chi connectivity index (χ1v) is 7.56. The van der Waals surface area contributed by atoms with E-state index in [1.165, 1.54) is 5.56 Å². The molecule has 0 saturated heterocycles. The van der Waals surface area contributed by atoms with Crippen LogP contribution in [-0.2, 0) is 12.8 Å². The van der Waals surface area contributed by atoms with Crippen LogP contribution < -0.4 is 10.6 Å². The summed E-state index contributed by atoms with van der Waals surface area (Å²) in [7, 11) is 0. The van der Waals surface area contributed by atoms with Crippen LogP contribution in [0.3, 0.4) is 0 Å². The molecule has 2 amide bonds. The number of benzene rings is 1. The number of hydrogen-bond acceptors (Lipinski definition) is 3. The van der Waals surface area contributed by atoms with Gasteiger partial charge in [0.05, 0.1) is 5.69 Å². The van der Waals surface area contributed by atoms with Crippen molar-refractivity contribution >= 4 is 6.03 Å². The predicted octanol–water partition coefficient (Wildman–Crippen LogP) is 2.76. The molecule has 0 spiro atoms. The van der Waals surface area contributed by atoms with Crippen LogP contribution in [0.15, 0.2) is 34.9 Å². The highest BCUT2D eigenvalue weighted by molar-refractivity contribution is 5.74. The van der Waals surface area contributed by atoms with Crippen molar-refractivity contribution in [2.24, 2.45) is 0 Å². The van der Waals surface area contributed by atoms with E-state index in [1.54, 1.807) is 0 Å². The highest BCUT2D eigenvalue weighted by atomic mass is 16.5. The summed E-state index contributed by atoms with van der Waals surface area (Å²) in [5, 5.41) is 9.75. The standard InChI is InChI=1S/C17H23N3O2/c1-12(11-16-13(2)20-22-14(16)3)19-17(21)18-10-9-15-7-5-4-6-8-15/h4-8,12H,9-11H2,1-3H3,(H2,18,19,21). The Hall–Kier alpha value is -2.30. The summed E-state index contributed by atoms with van der Waals surface area (Å²) in [6.45, 7) is 6.40. The molecular weight excluding hydrogens is 278 g/mol. The zero-order valence-electron chi connectivity index (χ0n) is 13.3. The fourth-order valence-corrected chi connectivity index (χ4v) is 2.39. The Morgan fingerprint density at radius 3 is 2.64 bits per heavy atom. The van der Waals surface area contributed by atoms with E-state index < -0.39 is 0 Å². The SMILES string of the molecule is Cc1noc(C)c1CC(C)NC(=O)NCCc1ccccc1. The zero-order chi connectivity index (χ0) is 15.9. The van der Waals surface area contributed by atoms with Gasteiger partial charge in [-0.2, -0.15) is 0 Å². The number of amides is 2. The summed E-state index contributed by atoms with van der Waals surface area (Å²) < 4.78 is 5.14. The summed E-state index contributed by atoms with van der Waals surface area (Å²) in [5.41, 5.74) is 3.17. The van der Waals surface area contributed by atoms with Crippen molar-refractivity contribution in [3.8, 4) is 0 Å². The molecule has 0 fully saturated rings. The van der Waals surface area contributed by atoms with Gasteiger partial charge in [0, 0.05) is 18.2 Å². The van der Waals surface area contributed by atoms with E-state index in [9.17, 15) is 4.79 Å². The fraction of sp³-hybridized carbons (Fsp3) is 0.412. The van der Waals surface area contributed by atoms with Crippen LogP contribution >= 0.6 is 0 Å². The minimum atomic E-state index is -0.143. The molecule has 1 aromatic carbocycles. The average Bonchev–Trinajstić information content (AvgIpc) is 2.80. The van der Waals surface area contributed by atoms with Gasteiger partial charge in [-0.05, 0) is 39.2 Å². The third kappa shape index (κ3) is 4.62. The Bertz CT molecular complexity index is 588. The lowest BCUT2D eigenvalue weighted by atomic mass is 10.1. The molecule has 1 unspecified atom stereocenters. The van der Waals surface area contributed by atoms with Crippen molar-refractivity contribution in [2.75, 3.05) is 6.54 Å². The molecule has 2 N–H and O–H groups in total. The quantitative estimate of drug-likeness (QED) is 0.862. The first-order chi connectivity index (χ1) is 10.6. The number of rotatable bonds is 6. The first kappa shape index (κ1) is 16.1. The lowest BCUT2D eigenvalue weighted by Gasteiger charge is -2.14. The van der Waals surface area contributed by atoms with Crippen LogP contribution in [0.1, 0.15) is 29.5 Å². The highest BCUT2D eigenvalue weighted by Crippen LogP contribution is 2.14. The number of nitrogens with one attached hydrogen (secondary N) is 2. The van der Waals surface area contributed by atoms with Crippen molar-refractivity contribution in [2.45, 2.75) is 39.7 Å². The number of aryl methyl sites for hydroxylation is 2. The molecule has 1 heterocycles. The third-order valence-electron chi connectivity index (χ3n) is 3.61. The molecule has 0 saturated carbocycles. The molecule has 0 bridgehead atoms. The molecule has 0 aliphatic heterocycles. The minimum Gasteiger partial charge on any atom is -0.361 e. The molecule has 0 radical (unpaired) electrons. The number of carbonyl (C=O) groups is 1. The lowest BCUT2D eigenvalue weighted by molar-refractivity contribution is 0.238. The largest absolute Gasteiger partial charge is 0.361 e. The van der Waals surface area contributed by atoms with Gasteiger partial charge in [0.25, 0.3) is 0 Å². The topological polar surface area (TPSA) is 67.2 Å². The van der Waals surface area contributed by atoms with E-state index in [0.717, 1.165) is 23.4 Å². The van der Waals surface area contributed by atoms with E-state index >= 15 is 0 Å². The molecule has 0 aliphatic rings. The van der Waals surface area contributed by atoms with E-state index in [-0.39, 0.29) is 12.1 Å². The van der Waals surface area contributed by atoms with Crippen molar-refractivity contribution in [1.82, 2.24) is 15.8 Å². The van der Waals surface area contributed by atoms with Gasteiger partial charge < -0.3 is 15.2 Å². The smallest absolute Gasteiger partial charge is 0.315 e. The van der Waals surface area contributed by atoms with Crippen LogP contribution in [0.25, 0.3) is 0 Å². The summed E-state index contributed by atoms with van der Waals surface area (Å²) in [5.74, 6) is 0.815. The maximum atomic E-state index is 11.9. The molecule has 0 aliphatic carbocycles. The summed E-state index contributed by atoms with van der Waals surface area (Å²) in [4.78, 5) is 11.9. The van der Waals surface area contributed by atoms with E-state index in [2.05, 4.69) is 27.9 Å². The summed E-state index contributed by atoms with van der Waals surface area (Å²) in [6.07, 6.45) is 1.54. The van der Waals surface area contributed by atoms with Gasteiger partial charge in [-0.1, -0.05) is 35.5 Å². The monoisotopic (exact) mass is 301 g/mol. The number of nitrogens with zero attached hydrogens (tertiary/aromatic N) is 1. The van der Waals surface area contributed by atoms with Crippen molar-refractivity contribution in [3.63, 3.8) is 0 Å². The van der Waals surface area contributed by atoms with E-state index in [4.69, 9.17) is 4.52 Å². The molecule has 118 valence electrons. The average molecular weight is 301 g/mol. The van der Waals surface area contributed by atoms with Gasteiger partial charge in [-0.3, -0.25) is 0 Å². The van der Waals surface area contributed by atoms with E-state index in [0.29, 0.717) is 13.0 Å². The Morgan fingerprint density at radius 2 is 2.00 bits per heavy atom. The van der Waals surface area contributed by atoms with Crippen molar-refractivity contribution < 1.29 is 9.32 Å². The Balaban J connectivity index is 1.72. The first-order valence-electron chi connectivity index (χ1n) is 7.56. The zero-order valence-corrected chi connectivity index (χ0v) is 13.3. The van der Waals surface area contributed by atoms with Gasteiger partial charge in [-0.15, -0.1) is 0 Å². The van der Waals surface area contributed by atoms with Gasteiger partial charge in [0.15, 0.2) is 0 Å². The van der Waals surface area contributed by atoms with Crippen LogP contribution in [0.5, 0.6) is 0 Å². The van der Waals surface area contributed by atoms with Crippen LogP contribution in [-0.4, -0.2) is 23.8 Å². The molecule has 2 aromatic rings. The normalized spacial score (nSPS) is 12.0. The lowest BCUT2D eigenvalue weighted by Crippen LogP contribution is -2.42. The number of carbonyl (C=O) groups excluding carboxylic acids is 1. The van der Waals surface area contributed by atoms with Crippen LogP contribution in [0, 0.1) is 13.8 Å². The van der Waals surface area contributed by atoms with Crippen molar-refractivity contribution in [3.05, 3.63) is 52.9 Å². The van der Waals surface area contributed by atoms with Gasteiger partial charge in [0.1, 0.15) is 5.76 Å². The molecule has 2 rings (SSSR count). The van der Waals surface area contributed by atoms with Crippen molar-refractivity contribution in [1.29, 1.82) is 0 Å². The third-order valence-corrected chi connectivity index (χ3v) is 3.61. The highest BCUT2D eigenvalue weighted by Gasteiger charge is 2.14. The Labute approximate surface area is 131 Å². The maximum absolute atomic E-state index is 11.9. The molecule has 22 heavy (non-hydrogen) atoms. The Kier molecular flexibility index (Phi) is 5.58. The summed E-state index contributed by atoms with van der Waals surface area (Å²) >= 11 is 0. The van der Waals surface area contributed by atoms with E-state index in [1.807, 2.05) is 39.0 Å².